The fraction of sp³-hybridized carbons (Fsp3) is 0.200. The molecule has 35 heavy (non-hydrogen) atoms. The van der Waals surface area contributed by atoms with Crippen LogP contribution in [0.2, 0.25) is 0 Å². The van der Waals surface area contributed by atoms with Crippen molar-refractivity contribution in [2.45, 2.75) is 19.4 Å². The summed E-state index contributed by atoms with van der Waals surface area (Å²) in [7, 11) is -1.94. The number of hydrogen-bond acceptors (Lipinski definition) is 7. The Hall–Kier alpha value is -3.63. The number of methoxy groups -OCH3 is 1. The van der Waals surface area contributed by atoms with Crippen LogP contribution in [0.3, 0.4) is 0 Å². The van der Waals surface area contributed by atoms with E-state index in [1.165, 1.54) is 62.6 Å². The third-order valence-corrected chi connectivity index (χ3v) is 6.40. The van der Waals surface area contributed by atoms with Gasteiger partial charge < -0.3 is 14.6 Å². The van der Waals surface area contributed by atoms with E-state index in [1.54, 1.807) is 18.2 Å². The number of carbonyl (C=O) groups is 2. The molecule has 0 fully saturated rings. The number of allylic oxidation sites excluding steroid dienone is 1. The molecule has 0 atom stereocenters. The average Bonchev–Trinajstić information content (AvgIpc) is 3.31. The summed E-state index contributed by atoms with van der Waals surface area (Å²) in [5.41, 5.74) is 0.525. The number of ketones is 1. The van der Waals surface area contributed by atoms with Gasteiger partial charge >= 0.3 is 5.97 Å². The van der Waals surface area contributed by atoms with Crippen molar-refractivity contribution in [3.8, 4) is 21.9 Å². The number of thiophene rings is 1. The Kier molecular flexibility index (Phi) is 7.67. The van der Waals surface area contributed by atoms with Crippen LogP contribution in [0.4, 0.5) is 5.69 Å². The topological polar surface area (TPSA) is 119 Å². The van der Waals surface area contributed by atoms with Gasteiger partial charge in [-0.1, -0.05) is 6.07 Å². The lowest BCUT2D eigenvalue weighted by molar-refractivity contribution is -0.152. The third kappa shape index (κ3) is 6.71. The van der Waals surface area contributed by atoms with E-state index in [1.807, 2.05) is 17.5 Å². The van der Waals surface area contributed by atoms with E-state index in [2.05, 4.69) is 4.72 Å². The molecule has 3 rings (SSSR count). The van der Waals surface area contributed by atoms with Crippen LogP contribution in [-0.4, -0.2) is 44.2 Å². The number of carboxylic acids is 1. The summed E-state index contributed by atoms with van der Waals surface area (Å²) in [6, 6.07) is 13.2. The van der Waals surface area contributed by atoms with Crippen molar-refractivity contribution >= 4 is 44.9 Å². The molecule has 1 aromatic heterocycles. The second-order valence-electron chi connectivity index (χ2n) is 8.13. The Bertz CT molecular complexity index is 1360. The molecule has 0 saturated heterocycles. The molecule has 2 N–H and O–H groups in total. The van der Waals surface area contributed by atoms with Gasteiger partial charge in [-0.25, -0.2) is 13.2 Å². The summed E-state index contributed by atoms with van der Waals surface area (Å²) in [4.78, 5) is 25.2. The van der Waals surface area contributed by atoms with Gasteiger partial charge in [0.25, 0.3) is 0 Å². The van der Waals surface area contributed by atoms with Crippen molar-refractivity contribution in [2.75, 3.05) is 18.1 Å². The molecule has 0 unspecified atom stereocenters. The zero-order valence-electron chi connectivity index (χ0n) is 19.6. The summed E-state index contributed by atoms with van der Waals surface area (Å²) in [5.74, 6) is -0.656. The fourth-order valence-electron chi connectivity index (χ4n) is 3.09. The van der Waals surface area contributed by atoms with E-state index in [0.29, 0.717) is 33.9 Å². The number of aliphatic carboxylic acids is 1. The van der Waals surface area contributed by atoms with Crippen molar-refractivity contribution in [3.63, 3.8) is 0 Å². The number of anilines is 1. The Morgan fingerprint density at radius 3 is 2.31 bits per heavy atom. The number of hydrogen-bond donors (Lipinski definition) is 2. The summed E-state index contributed by atoms with van der Waals surface area (Å²) in [6.45, 7) is 2.92. The molecule has 8 nitrogen and oxygen atoms in total. The van der Waals surface area contributed by atoms with E-state index in [9.17, 15) is 23.1 Å². The molecule has 0 saturated carbocycles. The highest BCUT2D eigenvalue weighted by Crippen LogP contribution is 2.40. The number of benzene rings is 2. The van der Waals surface area contributed by atoms with Crippen LogP contribution in [0.1, 0.15) is 29.8 Å². The Morgan fingerprint density at radius 1 is 1.09 bits per heavy atom. The van der Waals surface area contributed by atoms with Crippen molar-refractivity contribution < 1.29 is 32.6 Å². The predicted octanol–water partition coefficient (Wildman–Crippen LogP) is 4.93. The number of rotatable bonds is 10. The van der Waals surface area contributed by atoms with Gasteiger partial charge in [-0.3, -0.25) is 9.52 Å². The average molecular weight is 516 g/mol. The maximum Gasteiger partial charge on any atom is 0.347 e. The number of carbonyl (C=O) groups excluding carboxylic acids is 1. The minimum absolute atomic E-state index is 0.289. The molecule has 0 aliphatic heterocycles. The highest BCUT2D eigenvalue weighted by molar-refractivity contribution is 7.92. The lowest BCUT2D eigenvalue weighted by Crippen LogP contribution is -2.38. The van der Waals surface area contributed by atoms with Gasteiger partial charge in [0.15, 0.2) is 11.4 Å². The molecule has 0 radical (unpaired) electrons. The first kappa shape index (κ1) is 26.0. The SMILES string of the molecule is COc1cc(OC(C)(C)C(=O)O)c(-c2cccs2)cc1/C=C/C(=O)c1ccc(NS(C)(=O)=O)cc1. The van der Waals surface area contributed by atoms with Crippen LogP contribution in [0.25, 0.3) is 16.5 Å². The lowest BCUT2D eigenvalue weighted by Gasteiger charge is -2.24. The van der Waals surface area contributed by atoms with Crippen LogP contribution >= 0.6 is 11.3 Å². The van der Waals surface area contributed by atoms with E-state index >= 15 is 0 Å². The Balaban J connectivity index is 1.95. The van der Waals surface area contributed by atoms with E-state index < -0.39 is 21.6 Å². The lowest BCUT2D eigenvalue weighted by atomic mass is 10.0. The first-order chi connectivity index (χ1) is 16.4. The van der Waals surface area contributed by atoms with Gasteiger partial charge in [-0.05, 0) is 67.8 Å². The maximum absolute atomic E-state index is 12.7. The molecule has 0 aliphatic rings. The first-order valence-electron chi connectivity index (χ1n) is 10.4. The predicted molar refractivity (Wildman–Crippen MR) is 137 cm³/mol. The zero-order valence-corrected chi connectivity index (χ0v) is 21.2. The molecule has 0 spiro atoms. The standard InChI is InChI=1S/C25H25NO7S2/c1-25(2,24(28)29)33-22-15-21(32-3)17(14-19(22)23-6-5-13-34-23)9-12-20(27)16-7-10-18(11-8-16)26-35(4,30)31/h5-15,26H,1-4H3,(H,28,29)/b12-9+. The number of ether oxygens (including phenoxy) is 2. The molecular weight excluding hydrogens is 490 g/mol. The Labute approximate surface area is 207 Å². The largest absolute Gasteiger partial charge is 0.496 e. The Morgan fingerprint density at radius 2 is 1.77 bits per heavy atom. The molecular formula is C25H25NO7S2. The quantitative estimate of drug-likeness (QED) is 0.290. The van der Waals surface area contributed by atoms with Crippen LogP contribution < -0.4 is 14.2 Å². The smallest absolute Gasteiger partial charge is 0.347 e. The van der Waals surface area contributed by atoms with Crippen molar-refractivity contribution in [1.29, 1.82) is 0 Å². The van der Waals surface area contributed by atoms with E-state index in [-0.39, 0.29) is 5.78 Å². The van der Waals surface area contributed by atoms with Gasteiger partial charge in [-0.2, -0.15) is 0 Å². The maximum atomic E-state index is 12.7. The molecule has 2 aromatic carbocycles. The number of carboxylic acid groups (broad SMARTS) is 1. The fourth-order valence-corrected chi connectivity index (χ4v) is 4.40. The van der Waals surface area contributed by atoms with Crippen LogP contribution in [0.5, 0.6) is 11.5 Å². The zero-order chi connectivity index (χ0) is 25.8. The first-order valence-corrected chi connectivity index (χ1v) is 13.2. The van der Waals surface area contributed by atoms with Gasteiger partial charge in [0.1, 0.15) is 11.5 Å². The molecule has 0 aliphatic carbocycles. The monoisotopic (exact) mass is 515 g/mol. The number of nitrogens with one attached hydrogen (secondary N) is 1. The summed E-state index contributed by atoms with van der Waals surface area (Å²) in [5, 5.41) is 11.4. The van der Waals surface area contributed by atoms with Gasteiger partial charge in [-0.15, -0.1) is 11.3 Å². The van der Waals surface area contributed by atoms with Crippen LogP contribution in [0, 0.1) is 0 Å². The molecule has 0 amide bonds. The second kappa shape index (κ2) is 10.3. The second-order valence-corrected chi connectivity index (χ2v) is 10.8. The van der Waals surface area contributed by atoms with Gasteiger partial charge in [0.05, 0.1) is 13.4 Å². The molecule has 3 aromatic rings. The summed E-state index contributed by atoms with van der Waals surface area (Å²) < 4.78 is 36.4. The minimum Gasteiger partial charge on any atom is -0.496 e. The van der Waals surface area contributed by atoms with Crippen LogP contribution in [0.15, 0.2) is 60.0 Å². The van der Waals surface area contributed by atoms with Crippen molar-refractivity contribution in [1.82, 2.24) is 0 Å². The highest BCUT2D eigenvalue weighted by Gasteiger charge is 2.31. The molecule has 0 bridgehead atoms. The van der Waals surface area contributed by atoms with Crippen molar-refractivity contribution in [3.05, 3.63) is 71.1 Å². The van der Waals surface area contributed by atoms with Gasteiger partial charge in [0.2, 0.25) is 10.0 Å². The summed E-state index contributed by atoms with van der Waals surface area (Å²) >= 11 is 1.47. The van der Waals surface area contributed by atoms with Crippen molar-refractivity contribution in [2.24, 2.45) is 0 Å². The molecule has 1 heterocycles. The minimum atomic E-state index is -3.41. The normalized spacial score (nSPS) is 11.9. The van der Waals surface area contributed by atoms with E-state index in [0.717, 1.165) is 11.1 Å². The van der Waals surface area contributed by atoms with Crippen LogP contribution in [-0.2, 0) is 14.8 Å². The highest BCUT2D eigenvalue weighted by atomic mass is 32.2. The molecule has 184 valence electrons. The number of sulfonamides is 1. The van der Waals surface area contributed by atoms with E-state index in [4.69, 9.17) is 9.47 Å². The summed E-state index contributed by atoms with van der Waals surface area (Å²) in [6.07, 6.45) is 4.04. The van der Waals surface area contributed by atoms with Gasteiger partial charge in [0, 0.05) is 33.3 Å². The third-order valence-electron chi connectivity index (χ3n) is 4.89. The molecule has 10 heteroatoms.